The first-order valence-electron chi connectivity index (χ1n) is 3.68. The third-order valence-corrected chi connectivity index (χ3v) is 1.49. The van der Waals surface area contributed by atoms with Gasteiger partial charge in [-0.3, -0.25) is 4.90 Å². The lowest BCUT2D eigenvalue weighted by Crippen LogP contribution is -2.46. The average molecular weight is 197 g/mol. The summed E-state index contributed by atoms with van der Waals surface area (Å²) in [4.78, 5) is 11.4. The van der Waals surface area contributed by atoms with Gasteiger partial charge in [0.2, 0.25) is 0 Å². The van der Waals surface area contributed by atoms with E-state index in [1.807, 2.05) is 0 Å². The number of likely N-dealkylation sites (N-methyl/N-ethyl adjacent to an activating group) is 1. The van der Waals surface area contributed by atoms with Crippen LogP contribution in [-0.4, -0.2) is 53.2 Å². The molecule has 0 aliphatic heterocycles. The Kier molecular flexibility index (Phi) is 4.22. The molecule has 1 unspecified atom stereocenters. The van der Waals surface area contributed by atoms with Gasteiger partial charge in [0, 0.05) is 6.54 Å². The van der Waals surface area contributed by atoms with Crippen molar-refractivity contribution < 1.29 is 23.8 Å². The van der Waals surface area contributed by atoms with E-state index in [0.29, 0.717) is 0 Å². The van der Waals surface area contributed by atoms with Crippen LogP contribution in [0.5, 0.6) is 0 Å². The summed E-state index contributed by atoms with van der Waals surface area (Å²) in [5.41, 5.74) is -1.98. The standard InChI is InChI=1S/C7H13F2NO3/c1-7(13,6(11)12)4-10(2)3-5(8)9/h5,13H,3-4H2,1-2H3,(H,11,12). The Balaban J connectivity index is 4.04. The van der Waals surface area contributed by atoms with Crippen molar-refractivity contribution in [3.63, 3.8) is 0 Å². The molecule has 0 aromatic rings. The highest BCUT2D eigenvalue weighted by Gasteiger charge is 2.31. The quantitative estimate of drug-likeness (QED) is 0.652. The maximum absolute atomic E-state index is 11.8. The summed E-state index contributed by atoms with van der Waals surface area (Å²) in [5, 5.41) is 17.6. The van der Waals surface area contributed by atoms with Crippen molar-refractivity contribution in [3.05, 3.63) is 0 Å². The summed E-state index contributed by atoms with van der Waals surface area (Å²) < 4.78 is 23.6. The van der Waals surface area contributed by atoms with E-state index in [9.17, 15) is 18.7 Å². The van der Waals surface area contributed by atoms with Crippen molar-refractivity contribution in [2.24, 2.45) is 0 Å². The topological polar surface area (TPSA) is 60.8 Å². The fourth-order valence-corrected chi connectivity index (χ4v) is 0.893. The van der Waals surface area contributed by atoms with E-state index in [2.05, 4.69) is 0 Å². The molecule has 1 atom stereocenters. The number of nitrogens with zero attached hydrogens (tertiary/aromatic N) is 1. The first-order valence-corrected chi connectivity index (χ1v) is 3.68. The van der Waals surface area contributed by atoms with E-state index in [1.165, 1.54) is 7.05 Å². The predicted molar refractivity (Wildman–Crippen MR) is 41.8 cm³/mol. The van der Waals surface area contributed by atoms with Crippen molar-refractivity contribution in [2.45, 2.75) is 19.0 Å². The lowest BCUT2D eigenvalue weighted by atomic mass is 10.1. The Hall–Kier alpha value is -0.750. The molecule has 0 heterocycles. The van der Waals surface area contributed by atoms with Gasteiger partial charge in [-0.15, -0.1) is 0 Å². The van der Waals surface area contributed by atoms with Crippen LogP contribution in [0.25, 0.3) is 0 Å². The van der Waals surface area contributed by atoms with Crippen LogP contribution in [0.4, 0.5) is 8.78 Å². The third kappa shape index (κ3) is 4.74. The number of halogens is 2. The molecular weight excluding hydrogens is 184 g/mol. The van der Waals surface area contributed by atoms with Crippen LogP contribution in [0.3, 0.4) is 0 Å². The highest BCUT2D eigenvalue weighted by molar-refractivity contribution is 5.76. The number of alkyl halides is 2. The molecule has 78 valence electrons. The first-order chi connectivity index (χ1) is 5.75. The summed E-state index contributed by atoms with van der Waals surface area (Å²) in [6.45, 7) is 0.188. The van der Waals surface area contributed by atoms with Gasteiger partial charge in [-0.1, -0.05) is 0 Å². The summed E-state index contributed by atoms with van der Waals surface area (Å²) in [5.74, 6) is -1.42. The van der Waals surface area contributed by atoms with Crippen molar-refractivity contribution in [1.29, 1.82) is 0 Å². The van der Waals surface area contributed by atoms with Gasteiger partial charge in [0.05, 0.1) is 6.54 Å². The molecule has 13 heavy (non-hydrogen) atoms. The molecule has 0 aliphatic rings. The second kappa shape index (κ2) is 4.48. The third-order valence-electron chi connectivity index (χ3n) is 1.49. The van der Waals surface area contributed by atoms with Crippen molar-refractivity contribution in [2.75, 3.05) is 20.1 Å². The Morgan fingerprint density at radius 1 is 1.62 bits per heavy atom. The average Bonchev–Trinajstić information content (AvgIpc) is 1.82. The smallest absolute Gasteiger partial charge is 0.336 e. The molecule has 0 radical (unpaired) electrons. The Bertz CT molecular complexity index is 185. The zero-order valence-corrected chi connectivity index (χ0v) is 7.50. The maximum atomic E-state index is 11.8. The van der Waals surface area contributed by atoms with Gasteiger partial charge in [-0.05, 0) is 14.0 Å². The zero-order chi connectivity index (χ0) is 10.6. The van der Waals surface area contributed by atoms with Gasteiger partial charge in [-0.2, -0.15) is 0 Å². The predicted octanol–water partition coefficient (Wildman–Crippen LogP) is 0.0189. The summed E-state index contributed by atoms with van der Waals surface area (Å²) in [6.07, 6.45) is -2.53. The summed E-state index contributed by atoms with van der Waals surface area (Å²) >= 11 is 0. The highest BCUT2D eigenvalue weighted by Crippen LogP contribution is 2.06. The maximum Gasteiger partial charge on any atom is 0.336 e. The molecule has 0 spiro atoms. The van der Waals surface area contributed by atoms with E-state index >= 15 is 0 Å². The van der Waals surface area contributed by atoms with Crippen LogP contribution >= 0.6 is 0 Å². The minimum absolute atomic E-state index is 0.327. The van der Waals surface area contributed by atoms with Crippen LogP contribution in [-0.2, 0) is 4.79 Å². The van der Waals surface area contributed by atoms with E-state index in [1.54, 1.807) is 0 Å². The summed E-state index contributed by atoms with van der Waals surface area (Å²) in [7, 11) is 1.32. The zero-order valence-electron chi connectivity index (χ0n) is 7.50. The number of hydrogen-bond donors (Lipinski definition) is 2. The molecule has 0 amide bonds. The molecule has 0 aromatic carbocycles. The number of hydrogen-bond acceptors (Lipinski definition) is 3. The van der Waals surface area contributed by atoms with E-state index in [4.69, 9.17) is 5.11 Å². The monoisotopic (exact) mass is 197 g/mol. The number of aliphatic carboxylic acids is 1. The molecule has 0 saturated heterocycles. The Labute approximate surface area is 74.8 Å². The largest absolute Gasteiger partial charge is 0.479 e. The molecule has 0 fully saturated rings. The number of rotatable bonds is 5. The molecule has 0 aliphatic carbocycles. The molecule has 0 saturated carbocycles. The molecule has 2 N–H and O–H groups in total. The lowest BCUT2D eigenvalue weighted by Gasteiger charge is -2.24. The second-order valence-electron chi connectivity index (χ2n) is 3.17. The SMILES string of the molecule is CN(CC(F)F)CC(C)(O)C(=O)O. The van der Waals surface area contributed by atoms with Crippen LogP contribution < -0.4 is 0 Å². The minimum Gasteiger partial charge on any atom is -0.479 e. The van der Waals surface area contributed by atoms with Crippen molar-refractivity contribution >= 4 is 5.97 Å². The number of aliphatic hydroxyl groups is 1. The molecule has 6 heteroatoms. The van der Waals surface area contributed by atoms with E-state index in [0.717, 1.165) is 11.8 Å². The van der Waals surface area contributed by atoms with E-state index < -0.39 is 24.5 Å². The van der Waals surface area contributed by atoms with Crippen molar-refractivity contribution in [1.82, 2.24) is 4.90 Å². The fourth-order valence-electron chi connectivity index (χ4n) is 0.893. The van der Waals surface area contributed by atoms with Gasteiger partial charge in [0.25, 0.3) is 6.43 Å². The first kappa shape index (κ1) is 12.2. The van der Waals surface area contributed by atoms with Gasteiger partial charge in [0.15, 0.2) is 5.60 Å². The molecule has 0 rings (SSSR count). The number of carbonyl (C=O) groups is 1. The van der Waals surface area contributed by atoms with Crippen LogP contribution in [0.2, 0.25) is 0 Å². The summed E-state index contributed by atoms with van der Waals surface area (Å²) in [6, 6.07) is 0. The molecular formula is C7H13F2NO3. The number of carboxylic acids is 1. The van der Waals surface area contributed by atoms with Crippen LogP contribution in [0, 0.1) is 0 Å². The second-order valence-corrected chi connectivity index (χ2v) is 3.17. The van der Waals surface area contributed by atoms with Gasteiger partial charge < -0.3 is 10.2 Å². The normalized spacial score (nSPS) is 16.2. The molecule has 0 bridgehead atoms. The van der Waals surface area contributed by atoms with Crippen LogP contribution in [0.1, 0.15) is 6.92 Å². The Morgan fingerprint density at radius 3 is 2.38 bits per heavy atom. The van der Waals surface area contributed by atoms with Gasteiger partial charge >= 0.3 is 5.97 Å². The van der Waals surface area contributed by atoms with E-state index in [-0.39, 0.29) is 6.54 Å². The fraction of sp³-hybridized carbons (Fsp3) is 0.857. The highest BCUT2D eigenvalue weighted by atomic mass is 19.3. The van der Waals surface area contributed by atoms with Gasteiger partial charge in [0.1, 0.15) is 0 Å². The minimum atomic E-state index is -2.53. The number of carboxylic acid groups (broad SMARTS) is 1. The van der Waals surface area contributed by atoms with Crippen molar-refractivity contribution in [3.8, 4) is 0 Å². The molecule has 4 nitrogen and oxygen atoms in total. The lowest BCUT2D eigenvalue weighted by molar-refractivity contribution is -0.158. The van der Waals surface area contributed by atoms with Crippen LogP contribution in [0.15, 0.2) is 0 Å². The Morgan fingerprint density at radius 2 is 2.08 bits per heavy atom. The van der Waals surface area contributed by atoms with Gasteiger partial charge in [-0.25, -0.2) is 13.6 Å². The molecule has 0 aromatic heterocycles.